The highest BCUT2D eigenvalue weighted by Gasteiger charge is 2.15. The SMILES string of the molecule is COc1ccc(C2=CCCC3=C(C=CCC3)S2)cc1. The molecule has 0 unspecified atom stereocenters. The molecule has 1 nitrogen and oxygen atoms in total. The minimum atomic E-state index is 0.917. The van der Waals surface area contributed by atoms with Crippen LogP contribution >= 0.6 is 11.8 Å². The Kier molecular flexibility index (Phi) is 3.79. The molecule has 1 aliphatic heterocycles. The van der Waals surface area contributed by atoms with Crippen molar-refractivity contribution in [3.63, 3.8) is 0 Å². The molecule has 3 rings (SSSR count). The molecular weight excluding hydrogens is 252 g/mol. The number of hydrogen-bond donors (Lipinski definition) is 0. The fourth-order valence-electron chi connectivity index (χ4n) is 2.51. The molecule has 0 spiro atoms. The third-order valence-electron chi connectivity index (χ3n) is 3.60. The van der Waals surface area contributed by atoms with Crippen molar-refractivity contribution in [3.05, 3.63) is 58.5 Å². The molecule has 0 aromatic heterocycles. The third-order valence-corrected chi connectivity index (χ3v) is 4.87. The molecular formula is C17H18OS. The van der Waals surface area contributed by atoms with Crippen LogP contribution in [0.2, 0.25) is 0 Å². The van der Waals surface area contributed by atoms with Gasteiger partial charge in [0.25, 0.3) is 0 Å². The molecule has 1 aromatic carbocycles. The van der Waals surface area contributed by atoms with Crippen LogP contribution in [0, 0.1) is 0 Å². The van der Waals surface area contributed by atoms with E-state index in [4.69, 9.17) is 4.74 Å². The first-order chi connectivity index (χ1) is 9.36. The zero-order valence-corrected chi connectivity index (χ0v) is 12.0. The van der Waals surface area contributed by atoms with Gasteiger partial charge in [0.15, 0.2) is 0 Å². The van der Waals surface area contributed by atoms with Crippen molar-refractivity contribution in [1.82, 2.24) is 0 Å². The van der Waals surface area contributed by atoms with E-state index in [1.165, 1.54) is 34.6 Å². The maximum atomic E-state index is 5.22. The van der Waals surface area contributed by atoms with Crippen LogP contribution in [0.15, 0.2) is 53.0 Å². The van der Waals surface area contributed by atoms with E-state index in [-0.39, 0.29) is 0 Å². The fraction of sp³-hybridized carbons (Fsp3) is 0.294. The van der Waals surface area contributed by atoms with E-state index in [2.05, 4.69) is 30.4 Å². The smallest absolute Gasteiger partial charge is 0.118 e. The second kappa shape index (κ2) is 5.70. The lowest BCUT2D eigenvalue weighted by atomic mass is 10.0. The third kappa shape index (κ3) is 2.79. The molecule has 0 fully saturated rings. The number of benzene rings is 1. The van der Waals surface area contributed by atoms with Crippen LogP contribution in [0.1, 0.15) is 31.2 Å². The average molecular weight is 270 g/mol. The van der Waals surface area contributed by atoms with Crippen LogP contribution in [0.4, 0.5) is 0 Å². The van der Waals surface area contributed by atoms with E-state index >= 15 is 0 Å². The van der Waals surface area contributed by atoms with Gasteiger partial charge in [-0.25, -0.2) is 0 Å². The fourth-order valence-corrected chi connectivity index (χ4v) is 3.72. The first kappa shape index (κ1) is 12.6. The Balaban J connectivity index is 1.86. The molecule has 0 saturated heterocycles. The van der Waals surface area contributed by atoms with Gasteiger partial charge in [0.2, 0.25) is 0 Å². The zero-order valence-electron chi connectivity index (χ0n) is 11.2. The van der Waals surface area contributed by atoms with Crippen LogP contribution in [-0.4, -0.2) is 7.11 Å². The van der Waals surface area contributed by atoms with Gasteiger partial charge < -0.3 is 4.74 Å². The normalized spacial score (nSPS) is 18.7. The van der Waals surface area contributed by atoms with Crippen molar-refractivity contribution in [2.75, 3.05) is 7.11 Å². The minimum absolute atomic E-state index is 0.917. The Labute approximate surface area is 119 Å². The van der Waals surface area contributed by atoms with Crippen LogP contribution in [0.3, 0.4) is 0 Å². The summed E-state index contributed by atoms with van der Waals surface area (Å²) in [4.78, 5) is 2.84. The van der Waals surface area contributed by atoms with Gasteiger partial charge in [-0.3, -0.25) is 0 Å². The van der Waals surface area contributed by atoms with Crippen LogP contribution in [0.25, 0.3) is 4.91 Å². The van der Waals surface area contributed by atoms with E-state index < -0.39 is 0 Å². The standard InChI is InChI=1S/C17H18OS/c1-18-15-11-9-14(10-12-15)17-8-4-6-13-5-2-3-7-16(13)19-17/h3,7-12H,2,4-6H2,1H3. The molecule has 0 radical (unpaired) electrons. The van der Waals surface area contributed by atoms with Gasteiger partial charge in [-0.05, 0) is 43.4 Å². The number of methoxy groups -OCH3 is 1. The molecule has 98 valence electrons. The number of allylic oxidation sites excluding steroid dienone is 4. The van der Waals surface area contributed by atoms with Crippen molar-refractivity contribution >= 4 is 16.7 Å². The highest BCUT2D eigenvalue weighted by molar-refractivity contribution is 8.12. The average Bonchev–Trinajstić information content (AvgIpc) is 2.69. The quantitative estimate of drug-likeness (QED) is 0.733. The molecule has 2 heteroatoms. The molecule has 1 aromatic rings. The molecule has 1 heterocycles. The summed E-state index contributed by atoms with van der Waals surface area (Å²) in [6.45, 7) is 0. The summed E-state index contributed by atoms with van der Waals surface area (Å²) in [6.07, 6.45) is 11.8. The van der Waals surface area contributed by atoms with Gasteiger partial charge >= 0.3 is 0 Å². The topological polar surface area (TPSA) is 9.23 Å². The van der Waals surface area contributed by atoms with Gasteiger partial charge in [0.1, 0.15) is 5.75 Å². The largest absolute Gasteiger partial charge is 0.497 e. The van der Waals surface area contributed by atoms with Crippen molar-refractivity contribution in [2.24, 2.45) is 0 Å². The second-order valence-corrected chi connectivity index (χ2v) is 5.93. The number of hydrogen-bond acceptors (Lipinski definition) is 2. The summed E-state index contributed by atoms with van der Waals surface area (Å²) in [5, 5.41) is 0. The highest BCUT2D eigenvalue weighted by Crippen LogP contribution is 2.42. The van der Waals surface area contributed by atoms with Gasteiger partial charge in [-0.2, -0.15) is 0 Å². The second-order valence-electron chi connectivity index (χ2n) is 4.85. The number of rotatable bonds is 2. The van der Waals surface area contributed by atoms with E-state index in [0.717, 1.165) is 12.2 Å². The summed E-state index contributed by atoms with van der Waals surface area (Å²) < 4.78 is 5.22. The predicted molar refractivity (Wildman–Crippen MR) is 83.2 cm³/mol. The van der Waals surface area contributed by atoms with E-state index in [1.807, 2.05) is 23.9 Å². The van der Waals surface area contributed by atoms with Crippen molar-refractivity contribution in [1.29, 1.82) is 0 Å². The first-order valence-corrected chi connectivity index (χ1v) is 7.59. The number of ether oxygens (including phenoxy) is 1. The van der Waals surface area contributed by atoms with Crippen molar-refractivity contribution < 1.29 is 4.74 Å². The summed E-state index contributed by atoms with van der Waals surface area (Å²) >= 11 is 1.92. The summed E-state index contributed by atoms with van der Waals surface area (Å²) in [5.41, 5.74) is 2.92. The molecule has 0 atom stereocenters. The minimum Gasteiger partial charge on any atom is -0.497 e. The van der Waals surface area contributed by atoms with Gasteiger partial charge in [-0.1, -0.05) is 47.7 Å². The van der Waals surface area contributed by atoms with Crippen LogP contribution < -0.4 is 4.74 Å². The van der Waals surface area contributed by atoms with Gasteiger partial charge in [0, 0.05) is 9.81 Å². The Hall–Kier alpha value is -1.41. The lowest BCUT2D eigenvalue weighted by Gasteiger charge is -2.14. The maximum Gasteiger partial charge on any atom is 0.118 e. The van der Waals surface area contributed by atoms with Crippen LogP contribution in [-0.2, 0) is 0 Å². The summed E-state index contributed by atoms with van der Waals surface area (Å²) in [5.74, 6) is 0.917. The Morgan fingerprint density at radius 3 is 2.63 bits per heavy atom. The van der Waals surface area contributed by atoms with E-state index in [1.54, 1.807) is 12.7 Å². The summed E-state index contributed by atoms with van der Waals surface area (Å²) in [6, 6.07) is 8.37. The van der Waals surface area contributed by atoms with Crippen molar-refractivity contribution in [3.8, 4) is 5.75 Å². The Bertz CT molecular complexity index is 549. The lowest BCUT2D eigenvalue weighted by Crippen LogP contribution is -1.91. The number of thioether (sulfide) groups is 1. The molecule has 0 saturated carbocycles. The highest BCUT2D eigenvalue weighted by atomic mass is 32.2. The Morgan fingerprint density at radius 1 is 1.05 bits per heavy atom. The van der Waals surface area contributed by atoms with E-state index in [9.17, 15) is 0 Å². The summed E-state index contributed by atoms with van der Waals surface area (Å²) in [7, 11) is 1.71. The molecule has 19 heavy (non-hydrogen) atoms. The van der Waals surface area contributed by atoms with Crippen molar-refractivity contribution in [2.45, 2.75) is 25.7 Å². The molecule has 0 amide bonds. The van der Waals surface area contributed by atoms with Gasteiger partial charge in [0.05, 0.1) is 7.11 Å². The monoisotopic (exact) mass is 270 g/mol. The molecule has 0 bridgehead atoms. The lowest BCUT2D eigenvalue weighted by molar-refractivity contribution is 0.415. The molecule has 1 aliphatic carbocycles. The predicted octanol–water partition coefficient (Wildman–Crippen LogP) is 5.17. The molecule has 2 aliphatic rings. The Morgan fingerprint density at radius 2 is 1.84 bits per heavy atom. The van der Waals surface area contributed by atoms with Crippen LogP contribution in [0.5, 0.6) is 5.75 Å². The molecule has 0 N–H and O–H groups in total. The zero-order chi connectivity index (χ0) is 13.1. The maximum absolute atomic E-state index is 5.22. The first-order valence-electron chi connectivity index (χ1n) is 6.78. The van der Waals surface area contributed by atoms with E-state index in [0.29, 0.717) is 0 Å². The van der Waals surface area contributed by atoms with Gasteiger partial charge in [-0.15, -0.1) is 0 Å².